The van der Waals surface area contributed by atoms with E-state index in [4.69, 9.17) is 17.0 Å². The van der Waals surface area contributed by atoms with Gasteiger partial charge in [0.25, 0.3) is 10.0 Å². The van der Waals surface area contributed by atoms with Gasteiger partial charge in [-0.25, -0.2) is 13.1 Å². The number of hydrogen-bond acceptors (Lipinski definition) is 6. The minimum Gasteiger partial charge on any atom is -0.494 e. The summed E-state index contributed by atoms with van der Waals surface area (Å²) in [4.78, 5) is 22.9. The third-order valence-corrected chi connectivity index (χ3v) is 5.21. The van der Waals surface area contributed by atoms with Crippen LogP contribution in [-0.4, -0.2) is 32.0 Å². The molecule has 0 aliphatic carbocycles. The molecule has 0 fully saturated rings. The molecule has 0 aliphatic heterocycles. The van der Waals surface area contributed by atoms with Gasteiger partial charge in [-0.05, 0) is 67.2 Å². The molecule has 0 unspecified atom stereocenters. The first-order valence-electron chi connectivity index (χ1n) is 8.86. The zero-order valence-electron chi connectivity index (χ0n) is 16.3. The molecule has 2 aromatic rings. The van der Waals surface area contributed by atoms with Gasteiger partial charge in [-0.3, -0.25) is 14.9 Å². The SMILES string of the molecule is CCOc1ccc(/C=C/C(=O)NC(=S)Nc2ccc(S(=O)(=O)NC(C)=O)cc2)cc1. The highest BCUT2D eigenvalue weighted by Gasteiger charge is 2.15. The average molecular weight is 448 g/mol. The van der Waals surface area contributed by atoms with Crippen molar-refractivity contribution in [2.45, 2.75) is 18.7 Å². The lowest BCUT2D eigenvalue weighted by molar-refractivity contribution is -0.117. The van der Waals surface area contributed by atoms with E-state index in [0.717, 1.165) is 18.2 Å². The van der Waals surface area contributed by atoms with Crippen molar-refractivity contribution >= 4 is 50.9 Å². The number of hydrogen-bond donors (Lipinski definition) is 3. The van der Waals surface area contributed by atoms with Gasteiger partial charge in [-0.15, -0.1) is 0 Å². The molecule has 10 heteroatoms. The zero-order chi connectivity index (χ0) is 22.1. The molecule has 0 radical (unpaired) electrons. The van der Waals surface area contributed by atoms with Crippen molar-refractivity contribution in [1.29, 1.82) is 0 Å². The number of nitrogens with one attached hydrogen (secondary N) is 3. The van der Waals surface area contributed by atoms with Gasteiger partial charge in [0.05, 0.1) is 11.5 Å². The van der Waals surface area contributed by atoms with Crippen LogP contribution in [0.3, 0.4) is 0 Å². The summed E-state index contributed by atoms with van der Waals surface area (Å²) in [7, 11) is -3.91. The molecule has 158 valence electrons. The van der Waals surface area contributed by atoms with Gasteiger partial charge >= 0.3 is 0 Å². The Morgan fingerprint density at radius 3 is 2.27 bits per heavy atom. The van der Waals surface area contributed by atoms with Gasteiger partial charge in [0.2, 0.25) is 11.8 Å². The fourth-order valence-corrected chi connectivity index (χ4v) is 3.50. The Kier molecular flexibility index (Phi) is 8.07. The van der Waals surface area contributed by atoms with Gasteiger partial charge in [-0.1, -0.05) is 12.1 Å². The van der Waals surface area contributed by atoms with Gasteiger partial charge in [0, 0.05) is 18.7 Å². The van der Waals surface area contributed by atoms with Crippen molar-refractivity contribution in [3.8, 4) is 5.75 Å². The summed E-state index contributed by atoms with van der Waals surface area (Å²) in [5.74, 6) is -0.356. The maximum atomic E-state index is 12.0. The number of benzene rings is 2. The monoisotopic (exact) mass is 447 g/mol. The van der Waals surface area contributed by atoms with Crippen LogP contribution in [0.4, 0.5) is 5.69 Å². The molecule has 0 aromatic heterocycles. The van der Waals surface area contributed by atoms with Crippen LogP contribution in [-0.2, 0) is 19.6 Å². The second-order valence-electron chi connectivity index (χ2n) is 5.96. The maximum Gasteiger partial charge on any atom is 0.264 e. The zero-order valence-corrected chi connectivity index (χ0v) is 18.0. The van der Waals surface area contributed by atoms with Crippen LogP contribution in [0.15, 0.2) is 59.5 Å². The second-order valence-corrected chi connectivity index (χ2v) is 8.06. The second kappa shape index (κ2) is 10.5. The van der Waals surface area contributed by atoms with Crippen molar-refractivity contribution in [2.75, 3.05) is 11.9 Å². The number of thiocarbonyl (C=S) groups is 1. The Morgan fingerprint density at radius 1 is 1.07 bits per heavy atom. The molecule has 0 saturated heterocycles. The summed E-state index contributed by atoms with van der Waals surface area (Å²) >= 11 is 5.08. The number of sulfonamides is 1. The fraction of sp³-hybridized carbons (Fsp3) is 0.150. The van der Waals surface area contributed by atoms with E-state index in [2.05, 4.69) is 10.6 Å². The van der Waals surface area contributed by atoms with E-state index in [0.29, 0.717) is 12.3 Å². The molecule has 0 spiro atoms. The molecule has 8 nitrogen and oxygen atoms in total. The Hall–Kier alpha value is -3.24. The van der Waals surface area contributed by atoms with Crippen molar-refractivity contribution in [1.82, 2.24) is 10.0 Å². The molecular formula is C20H21N3O5S2. The van der Waals surface area contributed by atoms with Crippen LogP contribution in [0, 0.1) is 0 Å². The standard InChI is InChI=1S/C20H21N3O5S2/c1-3-28-17-9-4-15(5-10-17)6-13-19(25)22-20(29)21-16-7-11-18(12-8-16)30(26,27)23-14(2)24/h4-13H,3H2,1-2H3,(H,23,24)(H2,21,22,25,29)/b13-6+. The fourth-order valence-electron chi connectivity index (χ4n) is 2.30. The summed E-state index contributed by atoms with van der Waals surface area (Å²) in [6, 6.07) is 12.8. The quantitative estimate of drug-likeness (QED) is 0.441. The molecule has 0 saturated carbocycles. The summed E-state index contributed by atoms with van der Waals surface area (Å²) in [6.07, 6.45) is 2.97. The van der Waals surface area contributed by atoms with Crippen molar-refractivity contribution in [3.05, 3.63) is 60.2 Å². The number of anilines is 1. The van der Waals surface area contributed by atoms with Gasteiger partial charge in [0.15, 0.2) is 5.11 Å². The van der Waals surface area contributed by atoms with Crippen LogP contribution in [0.5, 0.6) is 5.75 Å². The first-order chi connectivity index (χ1) is 14.2. The molecule has 3 N–H and O–H groups in total. The Bertz CT molecular complexity index is 1050. The van der Waals surface area contributed by atoms with Gasteiger partial charge in [-0.2, -0.15) is 0 Å². The van der Waals surface area contributed by atoms with Crippen LogP contribution < -0.4 is 20.1 Å². The van der Waals surface area contributed by atoms with E-state index >= 15 is 0 Å². The third kappa shape index (κ3) is 7.30. The van der Waals surface area contributed by atoms with E-state index in [1.807, 2.05) is 35.9 Å². The first-order valence-corrected chi connectivity index (χ1v) is 10.7. The lowest BCUT2D eigenvalue weighted by Gasteiger charge is -2.09. The minimum atomic E-state index is -3.91. The molecule has 2 amide bonds. The van der Waals surface area contributed by atoms with Crippen LogP contribution >= 0.6 is 12.2 Å². The van der Waals surface area contributed by atoms with Crippen molar-refractivity contribution in [3.63, 3.8) is 0 Å². The average Bonchev–Trinajstić information content (AvgIpc) is 2.67. The van der Waals surface area contributed by atoms with Gasteiger partial charge in [0.1, 0.15) is 5.75 Å². The minimum absolute atomic E-state index is 0.0498. The number of rotatable bonds is 7. The molecule has 0 atom stereocenters. The van der Waals surface area contributed by atoms with Crippen LogP contribution in [0.2, 0.25) is 0 Å². The summed E-state index contributed by atoms with van der Waals surface area (Å²) < 4.78 is 31.1. The number of carbonyl (C=O) groups excluding carboxylic acids is 2. The summed E-state index contributed by atoms with van der Waals surface area (Å²) in [6.45, 7) is 3.59. The molecule has 0 bridgehead atoms. The maximum absolute atomic E-state index is 12.0. The summed E-state index contributed by atoms with van der Waals surface area (Å²) in [5.41, 5.74) is 1.29. The molecule has 0 heterocycles. The number of ether oxygens (including phenoxy) is 1. The summed E-state index contributed by atoms with van der Waals surface area (Å²) in [5, 5.41) is 5.32. The predicted molar refractivity (Wildman–Crippen MR) is 118 cm³/mol. The van der Waals surface area contributed by atoms with Crippen molar-refractivity contribution in [2.24, 2.45) is 0 Å². The number of carbonyl (C=O) groups is 2. The highest BCUT2D eigenvalue weighted by atomic mass is 32.2. The smallest absolute Gasteiger partial charge is 0.264 e. The van der Waals surface area contributed by atoms with Crippen molar-refractivity contribution < 1.29 is 22.7 Å². The van der Waals surface area contributed by atoms with E-state index in [9.17, 15) is 18.0 Å². The Balaban J connectivity index is 1.90. The Labute approximate surface area is 180 Å². The van der Waals surface area contributed by atoms with E-state index in [-0.39, 0.29) is 10.0 Å². The molecule has 0 aliphatic rings. The lowest BCUT2D eigenvalue weighted by Crippen LogP contribution is -2.32. The predicted octanol–water partition coefficient (Wildman–Crippen LogP) is 2.44. The first kappa shape index (κ1) is 23.0. The topological polar surface area (TPSA) is 114 Å². The molecule has 2 aromatic carbocycles. The number of amides is 2. The largest absolute Gasteiger partial charge is 0.494 e. The highest BCUT2D eigenvalue weighted by molar-refractivity contribution is 7.90. The highest BCUT2D eigenvalue weighted by Crippen LogP contribution is 2.14. The molecular weight excluding hydrogens is 426 g/mol. The van der Waals surface area contributed by atoms with Gasteiger partial charge < -0.3 is 10.1 Å². The van der Waals surface area contributed by atoms with E-state index in [1.54, 1.807) is 6.08 Å². The molecule has 30 heavy (non-hydrogen) atoms. The third-order valence-electron chi connectivity index (χ3n) is 3.56. The lowest BCUT2D eigenvalue weighted by atomic mass is 10.2. The van der Waals surface area contributed by atoms with Crippen LogP contribution in [0.1, 0.15) is 19.4 Å². The van der Waals surface area contributed by atoms with E-state index < -0.39 is 21.8 Å². The Morgan fingerprint density at radius 2 is 1.70 bits per heavy atom. The normalized spacial score (nSPS) is 11.0. The van der Waals surface area contributed by atoms with Crippen LogP contribution in [0.25, 0.3) is 6.08 Å². The molecule has 2 rings (SSSR count). The van der Waals surface area contributed by atoms with E-state index in [1.165, 1.54) is 30.3 Å².